The van der Waals surface area contributed by atoms with Crippen molar-refractivity contribution in [2.45, 2.75) is 63.1 Å². The van der Waals surface area contributed by atoms with Crippen molar-refractivity contribution in [3.63, 3.8) is 0 Å². The van der Waals surface area contributed by atoms with Crippen LogP contribution in [0.4, 0.5) is 0 Å². The molecule has 0 aromatic rings. The summed E-state index contributed by atoms with van der Waals surface area (Å²) >= 11 is 3.95. The molecule has 0 fully saturated rings. The third-order valence-electron chi connectivity index (χ3n) is 2.84. The SMILES string of the molecule is C1=C\[Se][Se][Se][Se]CCCCCCCCCC/C=C/1. The molecule has 1 heterocycles. The minimum atomic E-state index is 0.852. The minimum absolute atomic E-state index is 0.852. The summed E-state index contributed by atoms with van der Waals surface area (Å²) in [6, 6.07) is 0. The van der Waals surface area contributed by atoms with Crippen LogP contribution in [0.1, 0.15) is 57.8 Å². The van der Waals surface area contributed by atoms with Gasteiger partial charge in [0.15, 0.2) is 0 Å². The van der Waals surface area contributed by atoms with Gasteiger partial charge in [0.1, 0.15) is 0 Å². The zero-order valence-electron chi connectivity index (χ0n) is 11.0. The third kappa shape index (κ3) is 12.6. The molecular weight excluding hydrogens is 484 g/mol. The monoisotopic (exact) mass is 512 g/mol. The van der Waals surface area contributed by atoms with E-state index in [1.54, 1.807) is 5.32 Å². The molecule has 0 atom stereocenters. The summed E-state index contributed by atoms with van der Waals surface area (Å²) in [6.07, 6.45) is 20.0. The molecule has 1 aliphatic rings. The molecular formula is C14H24Se4. The van der Waals surface area contributed by atoms with Crippen molar-refractivity contribution < 1.29 is 0 Å². The Kier molecular flexibility index (Phi) is 14.6. The molecule has 0 saturated heterocycles. The van der Waals surface area contributed by atoms with Crippen molar-refractivity contribution in [3.8, 4) is 0 Å². The van der Waals surface area contributed by atoms with Gasteiger partial charge in [0, 0.05) is 0 Å². The van der Waals surface area contributed by atoms with Gasteiger partial charge in [-0.25, -0.2) is 0 Å². The Labute approximate surface area is 134 Å². The first kappa shape index (κ1) is 17.6. The Bertz CT molecular complexity index is 202. The van der Waals surface area contributed by atoms with Crippen LogP contribution in [0, 0.1) is 0 Å². The van der Waals surface area contributed by atoms with Crippen LogP contribution in [-0.4, -0.2) is 48.9 Å². The van der Waals surface area contributed by atoms with Crippen molar-refractivity contribution in [3.05, 3.63) is 23.2 Å². The van der Waals surface area contributed by atoms with Crippen LogP contribution in [0.25, 0.3) is 0 Å². The van der Waals surface area contributed by atoms with Crippen molar-refractivity contribution in [2.75, 3.05) is 0 Å². The second kappa shape index (κ2) is 15.0. The van der Waals surface area contributed by atoms with Gasteiger partial charge < -0.3 is 0 Å². The molecule has 0 amide bonds. The fourth-order valence-corrected chi connectivity index (χ4v) is 38.7. The van der Waals surface area contributed by atoms with E-state index in [-0.39, 0.29) is 0 Å². The Hall–Kier alpha value is 1.56. The predicted molar refractivity (Wildman–Crippen MR) is 87.7 cm³/mol. The van der Waals surface area contributed by atoms with Crippen LogP contribution in [0.3, 0.4) is 0 Å². The average molecular weight is 508 g/mol. The molecule has 0 saturated carbocycles. The molecule has 0 unspecified atom stereocenters. The van der Waals surface area contributed by atoms with Crippen LogP contribution in [0.5, 0.6) is 0 Å². The maximum atomic E-state index is 2.45. The van der Waals surface area contributed by atoms with Gasteiger partial charge in [-0.15, -0.1) is 0 Å². The first-order valence-corrected chi connectivity index (χ1v) is 22.1. The molecule has 4 heteroatoms. The van der Waals surface area contributed by atoms with Crippen molar-refractivity contribution in [1.82, 2.24) is 0 Å². The molecule has 0 bridgehead atoms. The standard InChI is InChI=1S/C14H24Se4/c1-2-4-6-8-10-12-14-16-18-17-15-13-11-9-7-5-3-1/h7,9,11,13H,1-6,8,10,12,14H2/b9-7+,13-11-. The second-order valence-electron chi connectivity index (χ2n) is 4.43. The van der Waals surface area contributed by atoms with Gasteiger partial charge in [-0.3, -0.25) is 0 Å². The van der Waals surface area contributed by atoms with Crippen LogP contribution in [0.2, 0.25) is 5.32 Å². The van der Waals surface area contributed by atoms with E-state index in [0.717, 1.165) is 48.9 Å². The molecule has 0 aromatic carbocycles. The molecule has 104 valence electrons. The Morgan fingerprint density at radius 1 is 0.667 bits per heavy atom. The van der Waals surface area contributed by atoms with Gasteiger partial charge in [-0.1, -0.05) is 0 Å². The Morgan fingerprint density at radius 3 is 2.22 bits per heavy atom. The van der Waals surface area contributed by atoms with Gasteiger partial charge in [0.2, 0.25) is 0 Å². The van der Waals surface area contributed by atoms with Gasteiger partial charge in [-0.2, -0.15) is 0 Å². The first-order valence-electron chi connectivity index (χ1n) is 6.93. The second-order valence-corrected chi connectivity index (χ2v) is 30.4. The molecule has 18 heavy (non-hydrogen) atoms. The summed E-state index contributed by atoms with van der Waals surface area (Å²) < 4.78 is 0. The summed E-state index contributed by atoms with van der Waals surface area (Å²) in [5.74, 6) is 0. The molecule has 0 nitrogen and oxygen atoms in total. The van der Waals surface area contributed by atoms with E-state index in [2.05, 4.69) is 23.2 Å². The Morgan fingerprint density at radius 2 is 1.39 bits per heavy atom. The van der Waals surface area contributed by atoms with E-state index in [1.165, 1.54) is 57.8 Å². The van der Waals surface area contributed by atoms with Crippen LogP contribution >= 0.6 is 0 Å². The van der Waals surface area contributed by atoms with Crippen LogP contribution in [-0.2, 0) is 0 Å². The zero-order chi connectivity index (χ0) is 12.7. The van der Waals surface area contributed by atoms with E-state index in [9.17, 15) is 0 Å². The molecule has 0 N–H and O–H groups in total. The van der Waals surface area contributed by atoms with E-state index in [0.29, 0.717) is 0 Å². The summed E-state index contributed by atoms with van der Waals surface area (Å²) in [6.45, 7) is 0. The third-order valence-corrected chi connectivity index (χ3v) is 39.8. The molecule has 1 aliphatic heterocycles. The van der Waals surface area contributed by atoms with Gasteiger partial charge >= 0.3 is 135 Å². The first-order chi connectivity index (χ1) is 9.00. The average Bonchev–Trinajstić information content (AvgIpc) is 2.39. The Balaban J connectivity index is 2.13. The quantitative estimate of drug-likeness (QED) is 0.440. The number of rotatable bonds is 0. The fraction of sp³-hybridized carbons (Fsp3) is 0.714. The summed E-state index contributed by atoms with van der Waals surface area (Å²) in [5, 5.41) is 1.58. The van der Waals surface area contributed by atoms with Crippen molar-refractivity contribution in [1.29, 1.82) is 0 Å². The van der Waals surface area contributed by atoms with Gasteiger partial charge in [0.05, 0.1) is 0 Å². The topological polar surface area (TPSA) is 0 Å². The number of hydrogen-bond acceptors (Lipinski definition) is 0. The number of hydrogen-bond donors (Lipinski definition) is 0. The molecule has 0 spiro atoms. The molecule has 0 aliphatic carbocycles. The van der Waals surface area contributed by atoms with Crippen LogP contribution < -0.4 is 0 Å². The van der Waals surface area contributed by atoms with E-state index in [4.69, 9.17) is 0 Å². The molecule has 0 aromatic heterocycles. The van der Waals surface area contributed by atoms with Gasteiger partial charge in [0.25, 0.3) is 0 Å². The molecule has 0 radical (unpaired) electrons. The van der Waals surface area contributed by atoms with Crippen LogP contribution in [0.15, 0.2) is 23.2 Å². The maximum absolute atomic E-state index is 2.45. The summed E-state index contributed by atoms with van der Waals surface area (Å²) in [4.78, 5) is 2.45. The summed E-state index contributed by atoms with van der Waals surface area (Å²) in [5.41, 5.74) is 0. The molecule has 1 rings (SSSR count). The zero-order valence-corrected chi connectivity index (χ0v) is 17.9. The van der Waals surface area contributed by atoms with Crippen molar-refractivity contribution >= 4 is 48.9 Å². The van der Waals surface area contributed by atoms with E-state index < -0.39 is 0 Å². The predicted octanol–water partition coefficient (Wildman–Crippen LogP) is 3.56. The van der Waals surface area contributed by atoms with Crippen molar-refractivity contribution in [2.24, 2.45) is 0 Å². The van der Waals surface area contributed by atoms with E-state index in [1.807, 2.05) is 0 Å². The van der Waals surface area contributed by atoms with Gasteiger partial charge in [-0.05, 0) is 0 Å². The van der Waals surface area contributed by atoms with E-state index >= 15 is 0 Å². The fourth-order valence-electron chi connectivity index (χ4n) is 1.83. The summed E-state index contributed by atoms with van der Waals surface area (Å²) in [7, 11) is 0. The normalized spacial score (nSPS) is 25.8. The number of allylic oxidation sites excluding steroid dienone is 3.